The summed E-state index contributed by atoms with van der Waals surface area (Å²) < 4.78 is 0. The monoisotopic (exact) mass is 519 g/mol. The van der Waals surface area contributed by atoms with E-state index in [9.17, 15) is 0 Å². The van der Waals surface area contributed by atoms with Gasteiger partial charge in [-0.2, -0.15) is 5.10 Å². The van der Waals surface area contributed by atoms with E-state index in [1.54, 1.807) is 13.8 Å². The number of nitrogens with one attached hydrogen (secondary N) is 2. The number of hydrogen-bond acceptors (Lipinski definition) is 4. The van der Waals surface area contributed by atoms with Crippen molar-refractivity contribution in [3.8, 4) is 0 Å². The molecule has 0 saturated carbocycles. The lowest BCUT2D eigenvalue weighted by Crippen LogP contribution is -2.34. The number of nitrogens with zero attached hydrogens (tertiary/aromatic N) is 2. The van der Waals surface area contributed by atoms with Crippen LogP contribution in [0.25, 0.3) is 0 Å². The zero-order valence-electron chi connectivity index (χ0n) is 21.1. The van der Waals surface area contributed by atoms with Gasteiger partial charge in [0.2, 0.25) is 0 Å². The van der Waals surface area contributed by atoms with Crippen LogP contribution in [-0.2, 0) is 0 Å². The van der Waals surface area contributed by atoms with Gasteiger partial charge in [-0.3, -0.25) is 5.43 Å². The first-order valence-electron chi connectivity index (χ1n) is 12.4. The molecule has 0 bridgehead atoms. The normalized spacial score (nSPS) is 12.3. The molecule has 0 aliphatic heterocycles. The lowest BCUT2D eigenvalue weighted by Gasteiger charge is -2.27. The van der Waals surface area contributed by atoms with Crippen LogP contribution in [0, 0.1) is 0 Å². The van der Waals surface area contributed by atoms with E-state index in [0.29, 0.717) is 16.5 Å². The fraction of sp³-hybridized carbons (Fsp3) is 0.276. The molecule has 0 radical (unpaired) electrons. The highest BCUT2D eigenvalue weighted by molar-refractivity contribution is 7.95. The molecule has 188 valence electrons. The lowest BCUT2D eigenvalue weighted by molar-refractivity contribution is 0.320. The number of unbranched alkanes of at least 4 members (excludes halogenated alkanes) is 3. The van der Waals surface area contributed by atoms with E-state index in [1.807, 2.05) is 0 Å². The van der Waals surface area contributed by atoms with Crippen molar-refractivity contribution in [2.45, 2.75) is 39.5 Å². The van der Waals surface area contributed by atoms with Crippen LogP contribution in [0.1, 0.15) is 39.5 Å². The summed E-state index contributed by atoms with van der Waals surface area (Å²) in [5.41, 5.74) is 3.83. The Morgan fingerprint density at radius 1 is 0.722 bits per heavy atom. The van der Waals surface area contributed by atoms with Gasteiger partial charge in [0.25, 0.3) is 0 Å². The van der Waals surface area contributed by atoms with Crippen molar-refractivity contribution in [3.63, 3.8) is 0 Å². The van der Waals surface area contributed by atoms with E-state index in [1.165, 1.54) is 28.8 Å². The third kappa shape index (κ3) is 7.46. The molecule has 0 amide bonds. The van der Waals surface area contributed by atoms with Gasteiger partial charge in [-0.1, -0.05) is 66.2 Å². The van der Waals surface area contributed by atoms with Crippen LogP contribution in [0.5, 0.6) is 0 Å². The molecule has 0 saturated heterocycles. The second kappa shape index (κ2) is 14.5. The molecule has 0 aliphatic carbocycles. The standard InChI is InChI=1S/C29H35N4OPS/c1-24(25(2)33-34)31-32-29(36)30-22-14-3-4-15-23-35(26-16-8-5-9-17-26,27-18-10-6-11-19-27)28-20-12-7-13-21-28/h5-13,16-21H,3-4,14-15,22-23H2,1-2H3,(H2-,30,31,32,33,34,36)/p+1. The van der Waals surface area contributed by atoms with Crippen LogP contribution in [0.4, 0.5) is 0 Å². The topological polar surface area (TPSA) is 69.0 Å². The number of thiocarbonyl (C=S) groups is 1. The second-order valence-electron chi connectivity index (χ2n) is 8.70. The summed E-state index contributed by atoms with van der Waals surface area (Å²) in [6, 6.07) is 33.2. The zero-order valence-corrected chi connectivity index (χ0v) is 22.8. The maximum atomic E-state index is 8.79. The Bertz CT molecular complexity index is 1040. The molecule has 3 rings (SSSR count). The molecule has 3 N–H and O–H groups in total. The minimum atomic E-state index is -1.74. The Kier molecular flexibility index (Phi) is 11.1. The Hall–Kier alpha value is -3.08. The summed E-state index contributed by atoms with van der Waals surface area (Å²) >= 11 is 5.28. The molecule has 0 unspecified atom stereocenters. The number of benzene rings is 3. The van der Waals surface area contributed by atoms with Crippen molar-refractivity contribution in [1.82, 2.24) is 10.7 Å². The molecule has 0 aromatic heterocycles. The maximum absolute atomic E-state index is 8.79. The molecule has 3 aromatic carbocycles. The molecule has 0 aliphatic rings. The van der Waals surface area contributed by atoms with E-state index in [0.717, 1.165) is 25.5 Å². The summed E-state index contributed by atoms with van der Waals surface area (Å²) in [7, 11) is -1.74. The summed E-state index contributed by atoms with van der Waals surface area (Å²) in [5, 5.41) is 24.0. The van der Waals surface area contributed by atoms with Crippen molar-refractivity contribution >= 4 is 51.9 Å². The highest BCUT2D eigenvalue weighted by Crippen LogP contribution is 2.55. The Labute approximate surface area is 221 Å². The Morgan fingerprint density at radius 3 is 1.67 bits per heavy atom. The van der Waals surface area contributed by atoms with Gasteiger partial charge in [-0.25, -0.2) is 0 Å². The molecule has 3 aromatic rings. The maximum Gasteiger partial charge on any atom is 0.186 e. The molecule has 0 spiro atoms. The van der Waals surface area contributed by atoms with Crippen LogP contribution in [0.2, 0.25) is 0 Å². The molecular formula is C29H36N4OPS+. The molecule has 0 heterocycles. The summed E-state index contributed by atoms with van der Waals surface area (Å²) in [6.45, 7) is 4.23. The molecule has 0 atom stereocenters. The molecule has 36 heavy (non-hydrogen) atoms. The molecule has 0 fully saturated rings. The number of hydrazone groups is 1. The van der Waals surface area contributed by atoms with Gasteiger partial charge >= 0.3 is 0 Å². The fourth-order valence-corrected chi connectivity index (χ4v) is 8.80. The van der Waals surface area contributed by atoms with Gasteiger partial charge in [0.15, 0.2) is 5.11 Å². The first kappa shape index (κ1) is 27.5. The molecule has 7 heteroatoms. The van der Waals surface area contributed by atoms with Crippen LogP contribution >= 0.6 is 19.5 Å². The number of oxime groups is 1. The van der Waals surface area contributed by atoms with Crippen molar-refractivity contribution in [1.29, 1.82) is 0 Å². The van der Waals surface area contributed by atoms with Crippen LogP contribution in [0.3, 0.4) is 0 Å². The first-order valence-corrected chi connectivity index (χ1v) is 14.8. The van der Waals surface area contributed by atoms with E-state index in [2.05, 4.69) is 112 Å². The predicted molar refractivity (Wildman–Crippen MR) is 160 cm³/mol. The van der Waals surface area contributed by atoms with Gasteiger partial charge in [0.1, 0.15) is 23.2 Å². The summed E-state index contributed by atoms with van der Waals surface area (Å²) in [5.74, 6) is 0. The quantitative estimate of drug-likeness (QED) is 0.0765. The third-order valence-corrected chi connectivity index (χ3v) is 11.1. The average Bonchev–Trinajstić information content (AvgIpc) is 2.94. The van der Waals surface area contributed by atoms with Crippen molar-refractivity contribution < 1.29 is 5.21 Å². The number of hydrogen-bond donors (Lipinski definition) is 3. The van der Waals surface area contributed by atoms with Crippen LogP contribution in [0.15, 0.2) is 101 Å². The fourth-order valence-electron chi connectivity index (χ4n) is 4.24. The average molecular weight is 520 g/mol. The lowest BCUT2D eigenvalue weighted by atomic mass is 10.2. The van der Waals surface area contributed by atoms with E-state index in [-0.39, 0.29) is 0 Å². The molecular weight excluding hydrogens is 483 g/mol. The van der Waals surface area contributed by atoms with Crippen LogP contribution < -0.4 is 26.7 Å². The van der Waals surface area contributed by atoms with E-state index >= 15 is 0 Å². The van der Waals surface area contributed by atoms with Crippen molar-refractivity contribution in [2.75, 3.05) is 12.7 Å². The van der Waals surface area contributed by atoms with E-state index < -0.39 is 7.26 Å². The summed E-state index contributed by atoms with van der Waals surface area (Å²) in [4.78, 5) is 0. The third-order valence-electron chi connectivity index (χ3n) is 6.30. The first-order chi connectivity index (χ1) is 17.6. The van der Waals surface area contributed by atoms with Crippen molar-refractivity contribution in [3.05, 3.63) is 91.0 Å². The Morgan fingerprint density at radius 2 is 1.19 bits per heavy atom. The largest absolute Gasteiger partial charge is 0.411 e. The van der Waals surface area contributed by atoms with Gasteiger partial charge in [-0.05, 0) is 81.7 Å². The van der Waals surface area contributed by atoms with Crippen LogP contribution in [-0.4, -0.2) is 34.4 Å². The highest BCUT2D eigenvalue weighted by Gasteiger charge is 2.44. The number of rotatable bonds is 12. The predicted octanol–water partition coefficient (Wildman–Crippen LogP) is 5.23. The Balaban J connectivity index is 1.60. The van der Waals surface area contributed by atoms with Gasteiger partial charge in [0.05, 0.1) is 17.6 Å². The molecule has 5 nitrogen and oxygen atoms in total. The van der Waals surface area contributed by atoms with Crippen molar-refractivity contribution in [2.24, 2.45) is 10.3 Å². The zero-order chi connectivity index (χ0) is 25.6. The van der Waals surface area contributed by atoms with Gasteiger partial charge < -0.3 is 10.5 Å². The van der Waals surface area contributed by atoms with E-state index in [4.69, 9.17) is 17.4 Å². The summed E-state index contributed by atoms with van der Waals surface area (Å²) in [6.07, 6.45) is 5.65. The SMILES string of the molecule is CC(=N/O)/C(C)=N\NC(=S)NCCCCCC[P+](c1ccccc1)(c1ccccc1)c1ccccc1. The van der Waals surface area contributed by atoms with Gasteiger partial charge in [0, 0.05) is 6.54 Å². The highest BCUT2D eigenvalue weighted by atomic mass is 32.1. The minimum absolute atomic E-state index is 0.450. The second-order valence-corrected chi connectivity index (χ2v) is 12.7. The smallest absolute Gasteiger partial charge is 0.186 e. The minimum Gasteiger partial charge on any atom is -0.411 e. The van der Waals surface area contributed by atoms with Gasteiger partial charge in [-0.15, -0.1) is 0 Å².